The van der Waals surface area contributed by atoms with E-state index >= 15 is 0 Å². The molecule has 9 heteroatoms. The molecule has 0 saturated carbocycles. The molecule has 37 heavy (non-hydrogen) atoms. The number of thiophene rings is 1. The van der Waals surface area contributed by atoms with Crippen molar-refractivity contribution < 1.29 is 23.9 Å². The number of esters is 1. The largest absolute Gasteiger partial charge is 0.497 e. The van der Waals surface area contributed by atoms with Gasteiger partial charge in [-0.25, -0.2) is 4.79 Å². The van der Waals surface area contributed by atoms with Crippen LogP contribution in [0, 0.1) is 5.92 Å². The molecule has 0 fully saturated rings. The van der Waals surface area contributed by atoms with E-state index in [1.165, 1.54) is 30.2 Å². The van der Waals surface area contributed by atoms with Crippen LogP contribution in [-0.2, 0) is 22.4 Å². The van der Waals surface area contributed by atoms with E-state index in [1.54, 1.807) is 37.4 Å². The number of benzene rings is 2. The summed E-state index contributed by atoms with van der Waals surface area (Å²) in [4.78, 5) is 40.3. The highest BCUT2D eigenvalue weighted by Gasteiger charge is 2.29. The summed E-state index contributed by atoms with van der Waals surface area (Å²) in [7, 11) is 2.92. The Morgan fingerprint density at radius 1 is 1.08 bits per heavy atom. The third-order valence-electron chi connectivity index (χ3n) is 6.24. The fraction of sp³-hybridized carbons (Fsp3) is 0.321. The molecule has 4 rings (SSSR count). The topological polar surface area (TPSA) is 93.7 Å². The van der Waals surface area contributed by atoms with Crippen LogP contribution in [-0.4, -0.2) is 37.3 Å². The van der Waals surface area contributed by atoms with Gasteiger partial charge in [0.1, 0.15) is 10.8 Å². The summed E-state index contributed by atoms with van der Waals surface area (Å²) < 4.78 is 10.2. The quantitative estimate of drug-likeness (QED) is 0.268. The van der Waals surface area contributed by atoms with Crippen LogP contribution in [0.2, 0.25) is 0 Å². The van der Waals surface area contributed by atoms with E-state index in [9.17, 15) is 14.4 Å². The number of hydrogen-bond donors (Lipinski definition) is 2. The summed E-state index contributed by atoms with van der Waals surface area (Å²) in [6.45, 7) is 4.01. The highest BCUT2D eigenvalue weighted by atomic mass is 32.2. The van der Waals surface area contributed by atoms with E-state index in [0.717, 1.165) is 34.6 Å². The zero-order valence-corrected chi connectivity index (χ0v) is 22.9. The molecule has 0 saturated heterocycles. The Kier molecular flexibility index (Phi) is 8.56. The number of fused-ring (bicyclic) bond motifs is 1. The third kappa shape index (κ3) is 6.34. The lowest BCUT2D eigenvalue weighted by atomic mass is 9.88. The maximum Gasteiger partial charge on any atom is 0.341 e. The van der Waals surface area contributed by atoms with E-state index in [-0.39, 0.29) is 11.8 Å². The lowest BCUT2D eigenvalue weighted by Gasteiger charge is -2.18. The van der Waals surface area contributed by atoms with Gasteiger partial charge in [-0.2, -0.15) is 0 Å². The first kappa shape index (κ1) is 26.8. The fourth-order valence-electron chi connectivity index (χ4n) is 4.24. The van der Waals surface area contributed by atoms with Gasteiger partial charge in [0.15, 0.2) is 0 Å². The fourth-order valence-corrected chi connectivity index (χ4v) is 6.57. The van der Waals surface area contributed by atoms with Crippen molar-refractivity contribution in [3.8, 4) is 5.75 Å². The average Bonchev–Trinajstić information content (AvgIpc) is 3.25. The molecule has 1 aliphatic rings. The number of hydrogen-bond acceptors (Lipinski definition) is 7. The van der Waals surface area contributed by atoms with Crippen LogP contribution in [0.5, 0.6) is 5.75 Å². The number of anilines is 2. The van der Waals surface area contributed by atoms with Crippen LogP contribution in [0.25, 0.3) is 0 Å². The Hall–Kier alpha value is -3.30. The smallest absolute Gasteiger partial charge is 0.341 e. The SMILES string of the molecule is COC(=O)c1c(NC(=O)C(C)Sc2cccc(NC(=O)c3cccc(OC)c3)c2)sc2c1CCC(C)C2. The number of thioether (sulfide) groups is 1. The lowest BCUT2D eigenvalue weighted by Crippen LogP contribution is -2.23. The Morgan fingerprint density at radius 3 is 2.62 bits per heavy atom. The number of carbonyl (C=O) groups is 3. The van der Waals surface area contributed by atoms with Crippen molar-refractivity contribution in [3.63, 3.8) is 0 Å². The molecule has 3 aromatic rings. The minimum absolute atomic E-state index is 0.201. The maximum atomic E-state index is 13.1. The first-order valence-electron chi connectivity index (χ1n) is 12.0. The molecule has 2 unspecified atom stereocenters. The van der Waals surface area contributed by atoms with Gasteiger partial charge in [0.05, 0.1) is 25.0 Å². The number of rotatable bonds is 8. The summed E-state index contributed by atoms with van der Waals surface area (Å²) in [5.74, 6) is 0.285. The second kappa shape index (κ2) is 11.8. The van der Waals surface area contributed by atoms with Crippen molar-refractivity contribution >= 4 is 51.6 Å². The van der Waals surface area contributed by atoms with E-state index in [0.29, 0.717) is 33.5 Å². The summed E-state index contributed by atoms with van der Waals surface area (Å²) >= 11 is 2.85. The number of amides is 2. The highest BCUT2D eigenvalue weighted by molar-refractivity contribution is 8.00. The van der Waals surface area contributed by atoms with Gasteiger partial charge in [0, 0.05) is 21.0 Å². The molecular weight excluding hydrogens is 508 g/mol. The molecule has 0 spiro atoms. The van der Waals surface area contributed by atoms with Gasteiger partial charge in [0.25, 0.3) is 5.91 Å². The third-order valence-corrected chi connectivity index (χ3v) is 8.51. The minimum Gasteiger partial charge on any atom is -0.497 e. The molecule has 2 N–H and O–H groups in total. The summed E-state index contributed by atoms with van der Waals surface area (Å²) in [6.07, 6.45) is 2.72. The molecule has 0 radical (unpaired) electrons. The molecule has 2 atom stereocenters. The Bertz CT molecular complexity index is 1320. The first-order chi connectivity index (χ1) is 17.8. The van der Waals surface area contributed by atoms with Crippen molar-refractivity contribution in [1.82, 2.24) is 0 Å². The molecule has 2 aromatic carbocycles. The molecule has 1 aliphatic carbocycles. The number of methoxy groups -OCH3 is 2. The molecular formula is C28H30N2O5S2. The van der Waals surface area contributed by atoms with Gasteiger partial charge in [-0.3, -0.25) is 9.59 Å². The molecule has 194 valence electrons. The van der Waals surface area contributed by atoms with Crippen molar-refractivity contribution in [2.75, 3.05) is 24.9 Å². The first-order valence-corrected chi connectivity index (χ1v) is 13.7. The monoisotopic (exact) mass is 538 g/mol. The van der Waals surface area contributed by atoms with Crippen molar-refractivity contribution in [1.29, 1.82) is 0 Å². The normalized spacial score (nSPS) is 15.3. The molecule has 1 heterocycles. The molecule has 7 nitrogen and oxygen atoms in total. The predicted octanol–water partition coefficient (Wildman–Crippen LogP) is 6.04. The van der Waals surface area contributed by atoms with E-state index in [2.05, 4.69) is 17.6 Å². The van der Waals surface area contributed by atoms with Crippen molar-refractivity contribution in [3.05, 3.63) is 70.1 Å². The van der Waals surface area contributed by atoms with Crippen LogP contribution in [0.15, 0.2) is 53.4 Å². The molecule has 0 bridgehead atoms. The van der Waals surface area contributed by atoms with Gasteiger partial charge in [0.2, 0.25) is 5.91 Å². The summed E-state index contributed by atoms with van der Waals surface area (Å²) in [5, 5.41) is 5.99. The van der Waals surface area contributed by atoms with Crippen LogP contribution >= 0.6 is 23.1 Å². The van der Waals surface area contributed by atoms with Gasteiger partial charge in [-0.15, -0.1) is 23.1 Å². The van der Waals surface area contributed by atoms with Crippen molar-refractivity contribution in [2.24, 2.45) is 5.92 Å². The second-order valence-corrected chi connectivity index (χ2v) is 11.5. The van der Waals surface area contributed by atoms with Gasteiger partial charge in [-0.1, -0.05) is 19.1 Å². The Balaban J connectivity index is 1.44. The molecule has 2 amide bonds. The van der Waals surface area contributed by atoms with Crippen molar-refractivity contribution in [2.45, 2.75) is 43.3 Å². The minimum atomic E-state index is -0.437. The summed E-state index contributed by atoms with van der Waals surface area (Å²) in [6, 6.07) is 14.3. The number of ether oxygens (including phenoxy) is 2. The van der Waals surface area contributed by atoms with Gasteiger partial charge >= 0.3 is 5.97 Å². The standard InChI is InChI=1S/C28H30N2O5S2/c1-16-11-12-22-23(13-16)37-27(24(22)28(33)35-4)30-25(31)17(2)36-21-10-6-8-19(15-21)29-26(32)18-7-5-9-20(14-18)34-3/h5-10,14-17H,11-13H2,1-4H3,(H,29,32)(H,30,31). The van der Waals surface area contributed by atoms with Gasteiger partial charge < -0.3 is 20.1 Å². The Morgan fingerprint density at radius 2 is 1.86 bits per heavy atom. The van der Waals surface area contributed by atoms with Crippen LogP contribution in [0.3, 0.4) is 0 Å². The van der Waals surface area contributed by atoms with E-state index in [4.69, 9.17) is 9.47 Å². The molecule has 0 aliphatic heterocycles. The maximum absolute atomic E-state index is 13.1. The van der Waals surface area contributed by atoms with Crippen LogP contribution in [0.4, 0.5) is 10.7 Å². The molecule has 1 aromatic heterocycles. The lowest BCUT2D eigenvalue weighted by molar-refractivity contribution is -0.115. The van der Waals surface area contributed by atoms with E-state index < -0.39 is 11.2 Å². The Labute approximate surface area is 224 Å². The predicted molar refractivity (Wildman–Crippen MR) is 148 cm³/mol. The van der Waals surface area contributed by atoms with E-state index in [1.807, 2.05) is 25.1 Å². The second-order valence-electron chi connectivity index (χ2n) is 9.01. The zero-order chi connectivity index (χ0) is 26.5. The van der Waals surface area contributed by atoms with Crippen LogP contribution < -0.4 is 15.4 Å². The van der Waals surface area contributed by atoms with Crippen LogP contribution in [0.1, 0.15) is 51.4 Å². The average molecular weight is 539 g/mol. The van der Waals surface area contributed by atoms with Gasteiger partial charge in [-0.05, 0) is 74.1 Å². The number of carbonyl (C=O) groups excluding carboxylic acids is 3. The summed E-state index contributed by atoms with van der Waals surface area (Å²) in [5.41, 5.74) is 2.60. The zero-order valence-electron chi connectivity index (χ0n) is 21.3. The highest BCUT2D eigenvalue weighted by Crippen LogP contribution is 2.40. The number of nitrogens with one attached hydrogen (secondary N) is 2.